The van der Waals surface area contributed by atoms with Crippen LogP contribution in [0.25, 0.3) is 16.6 Å². The van der Waals surface area contributed by atoms with E-state index in [-0.39, 0.29) is 23.7 Å². The van der Waals surface area contributed by atoms with Gasteiger partial charge in [-0.25, -0.2) is 4.98 Å². The summed E-state index contributed by atoms with van der Waals surface area (Å²) >= 11 is 0. The zero-order valence-electron chi connectivity index (χ0n) is 16.2. The first-order valence-corrected chi connectivity index (χ1v) is 10.0. The molecule has 3 aromatic rings. The van der Waals surface area contributed by atoms with E-state index < -0.39 is 0 Å². The van der Waals surface area contributed by atoms with E-state index in [0.29, 0.717) is 24.6 Å². The summed E-state index contributed by atoms with van der Waals surface area (Å²) < 4.78 is 0. The van der Waals surface area contributed by atoms with Gasteiger partial charge in [0.1, 0.15) is 17.2 Å². The van der Waals surface area contributed by atoms with Crippen LogP contribution in [0.1, 0.15) is 35.8 Å². The summed E-state index contributed by atoms with van der Waals surface area (Å²) in [6, 6.07) is 7.60. The van der Waals surface area contributed by atoms with Gasteiger partial charge >= 0.3 is 0 Å². The van der Waals surface area contributed by atoms with E-state index in [1.807, 2.05) is 29.3 Å². The van der Waals surface area contributed by atoms with Crippen molar-refractivity contribution in [1.29, 1.82) is 0 Å². The Hall–Kier alpha value is -3.35. The molecule has 3 aromatic heterocycles. The van der Waals surface area contributed by atoms with Gasteiger partial charge in [-0.2, -0.15) is 0 Å². The molecule has 148 valence electrons. The Labute approximate surface area is 168 Å². The van der Waals surface area contributed by atoms with E-state index in [0.717, 1.165) is 29.4 Å². The van der Waals surface area contributed by atoms with Gasteiger partial charge in [-0.15, -0.1) is 0 Å². The summed E-state index contributed by atoms with van der Waals surface area (Å²) in [6.45, 7) is 3.32. The van der Waals surface area contributed by atoms with Crippen molar-refractivity contribution in [1.82, 2.24) is 19.9 Å². The number of hydrogen-bond acceptors (Lipinski definition) is 3. The fourth-order valence-electron chi connectivity index (χ4n) is 4.00. The quantitative estimate of drug-likeness (QED) is 0.638. The van der Waals surface area contributed by atoms with Gasteiger partial charge in [0.2, 0.25) is 5.91 Å². The predicted octanol–water partition coefficient (Wildman–Crippen LogP) is 3.42. The van der Waals surface area contributed by atoms with E-state index in [4.69, 9.17) is 0 Å². The Kier molecular flexibility index (Phi) is 4.23. The molecule has 0 aromatic carbocycles. The molecule has 1 aliphatic carbocycles. The van der Waals surface area contributed by atoms with Crippen molar-refractivity contribution in [2.24, 2.45) is 11.8 Å². The largest absolute Gasteiger partial charge is 0.357 e. The van der Waals surface area contributed by atoms with Crippen LogP contribution in [-0.2, 0) is 4.79 Å². The molecule has 1 fully saturated rings. The zero-order chi connectivity index (χ0) is 20.0. The second-order valence-electron chi connectivity index (χ2n) is 7.91. The standard InChI is InChI=1S/C22H23N5O2/c1-13-12-27(22(29)18-3-2-8-23-18)10-7-15(13)17-11-19(26-21(28)14-4-5-14)25-20-16(17)6-9-24-20/h2-3,6-9,11,13-14,23H,4-5,10,12H2,1H3,(H2,24,25,26,28). The molecule has 4 heterocycles. The molecular weight excluding hydrogens is 366 g/mol. The molecule has 0 radical (unpaired) electrons. The van der Waals surface area contributed by atoms with Crippen molar-refractivity contribution < 1.29 is 9.59 Å². The summed E-state index contributed by atoms with van der Waals surface area (Å²) in [7, 11) is 0. The Morgan fingerprint density at radius 2 is 2.07 bits per heavy atom. The first kappa shape index (κ1) is 17.7. The Bertz CT molecular complexity index is 1110. The maximum atomic E-state index is 12.7. The van der Waals surface area contributed by atoms with Crippen LogP contribution in [0.4, 0.5) is 5.82 Å². The lowest BCUT2D eigenvalue weighted by Crippen LogP contribution is -2.38. The molecular formula is C22H23N5O2. The summed E-state index contributed by atoms with van der Waals surface area (Å²) in [6.07, 6.45) is 7.65. The monoisotopic (exact) mass is 389 g/mol. The number of aromatic nitrogens is 3. The summed E-state index contributed by atoms with van der Waals surface area (Å²) in [4.78, 5) is 37.4. The number of H-pyrrole nitrogens is 2. The summed E-state index contributed by atoms with van der Waals surface area (Å²) in [5, 5.41) is 3.98. The summed E-state index contributed by atoms with van der Waals surface area (Å²) in [5.41, 5.74) is 3.60. The Morgan fingerprint density at radius 1 is 1.21 bits per heavy atom. The van der Waals surface area contributed by atoms with E-state index in [9.17, 15) is 9.59 Å². The normalized spacial score (nSPS) is 19.3. The number of carbonyl (C=O) groups excluding carboxylic acids is 2. The highest BCUT2D eigenvalue weighted by Gasteiger charge is 2.30. The number of nitrogens with zero attached hydrogens (tertiary/aromatic N) is 2. The van der Waals surface area contributed by atoms with E-state index in [1.54, 1.807) is 12.3 Å². The van der Waals surface area contributed by atoms with Crippen LogP contribution in [0.2, 0.25) is 0 Å². The van der Waals surface area contributed by atoms with E-state index >= 15 is 0 Å². The molecule has 1 atom stereocenters. The second-order valence-corrected chi connectivity index (χ2v) is 7.91. The number of amides is 2. The lowest BCUT2D eigenvalue weighted by molar-refractivity contribution is -0.117. The van der Waals surface area contributed by atoms with Crippen molar-refractivity contribution in [2.45, 2.75) is 19.8 Å². The highest BCUT2D eigenvalue weighted by atomic mass is 16.2. The lowest BCUT2D eigenvalue weighted by Gasteiger charge is -2.31. The molecule has 5 rings (SSSR count). The van der Waals surface area contributed by atoms with Crippen molar-refractivity contribution >= 4 is 34.2 Å². The fourth-order valence-corrected chi connectivity index (χ4v) is 4.00. The van der Waals surface area contributed by atoms with Gasteiger partial charge in [0, 0.05) is 36.8 Å². The molecule has 0 saturated heterocycles. The molecule has 7 nitrogen and oxygen atoms in total. The fraction of sp³-hybridized carbons (Fsp3) is 0.318. The third-order valence-corrected chi connectivity index (χ3v) is 5.71. The minimum Gasteiger partial charge on any atom is -0.357 e. The molecule has 1 aliphatic heterocycles. The molecule has 1 unspecified atom stereocenters. The van der Waals surface area contributed by atoms with E-state index in [1.165, 1.54) is 5.57 Å². The number of aromatic amines is 2. The van der Waals surface area contributed by atoms with Crippen molar-refractivity contribution in [3.8, 4) is 0 Å². The minimum atomic E-state index is 0.0102. The average molecular weight is 389 g/mol. The molecule has 29 heavy (non-hydrogen) atoms. The van der Waals surface area contributed by atoms with Crippen LogP contribution < -0.4 is 5.32 Å². The van der Waals surface area contributed by atoms with Crippen LogP contribution in [0.3, 0.4) is 0 Å². The minimum absolute atomic E-state index is 0.0102. The number of hydrogen-bond donors (Lipinski definition) is 3. The highest BCUT2D eigenvalue weighted by molar-refractivity contribution is 5.98. The molecule has 2 amide bonds. The van der Waals surface area contributed by atoms with Crippen LogP contribution in [-0.4, -0.2) is 44.8 Å². The molecule has 3 N–H and O–H groups in total. The number of pyridine rings is 1. The average Bonchev–Trinajstić information content (AvgIpc) is 3.22. The first-order valence-electron chi connectivity index (χ1n) is 10.0. The number of fused-ring (bicyclic) bond motifs is 1. The molecule has 7 heteroatoms. The van der Waals surface area contributed by atoms with E-state index in [2.05, 4.69) is 33.3 Å². The van der Waals surface area contributed by atoms with Gasteiger partial charge < -0.3 is 20.2 Å². The second kappa shape index (κ2) is 6.92. The van der Waals surface area contributed by atoms with Gasteiger partial charge in [-0.05, 0) is 54.2 Å². The highest BCUT2D eigenvalue weighted by Crippen LogP contribution is 2.35. The van der Waals surface area contributed by atoms with Gasteiger partial charge in [0.25, 0.3) is 5.91 Å². The molecule has 2 aliphatic rings. The molecule has 0 spiro atoms. The number of rotatable bonds is 4. The maximum absolute atomic E-state index is 12.7. The molecule has 0 bridgehead atoms. The van der Waals surface area contributed by atoms with Gasteiger partial charge in [-0.3, -0.25) is 9.59 Å². The number of carbonyl (C=O) groups is 2. The van der Waals surface area contributed by atoms with Crippen LogP contribution in [0.5, 0.6) is 0 Å². The number of anilines is 1. The van der Waals surface area contributed by atoms with Gasteiger partial charge in [0.15, 0.2) is 0 Å². The number of nitrogens with one attached hydrogen (secondary N) is 3. The van der Waals surface area contributed by atoms with Crippen LogP contribution in [0, 0.1) is 11.8 Å². The SMILES string of the molecule is CC1CN(C(=O)c2ccc[nH]2)CC=C1c1cc(NC(=O)C2CC2)nc2[nH]ccc12. The maximum Gasteiger partial charge on any atom is 0.270 e. The smallest absolute Gasteiger partial charge is 0.270 e. The first-order chi connectivity index (χ1) is 14.1. The third kappa shape index (κ3) is 3.33. The topological polar surface area (TPSA) is 93.9 Å². The van der Waals surface area contributed by atoms with Crippen LogP contribution in [0.15, 0.2) is 42.7 Å². The third-order valence-electron chi connectivity index (χ3n) is 5.71. The zero-order valence-corrected chi connectivity index (χ0v) is 16.2. The Balaban J connectivity index is 1.45. The Morgan fingerprint density at radius 3 is 2.79 bits per heavy atom. The van der Waals surface area contributed by atoms with Crippen molar-refractivity contribution in [2.75, 3.05) is 18.4 Å². The van der Waals surface area contributed by atoms with Crippen molar-refractivity contribution in [3.05, 3.63) is 54.0 Å². The lowest BCUT2D eigenvalue weighted by atomic mass is 9.89. The van der Waals surface area contributed by atoms with Crippen molar-refractivity contribution in [3.63, 3.8) is 0 Å². The van der Waals surface area contributed by atoms with Crippen LogP contribution >= 0.6 is 0 Å². The van der Waals surface area contributed by atoms with Gasteiger partial charge in [0.05, 0.1) is 0 Å². The molecule has 1 saturated carbocycles. The predicted molar refractivity (Wildman–Crippen MR) is 111 cm³/mol. The summed E-state index contributed by atoms with van der Waals surface area (Å²) in [5.74, 6) is 0.916. The van der Waals surface area contributed by atoms with Gasteiger partial charge in [-0.1, -0.05) is 13.0 Å².